The highest BCUT2D eigenvalue weighted by molar-refractivity contribution is 6.58. The fourth-order valence-corrected chi connectivity index (χ4v) is 0.836. The van der Waals surface area contributed by atoms with E-state index in [0.29, 0.717) is 0 Å². The standard InChI is InChI=1S/C7H7BN2O3/c1-13-7-3-5(8(11)12)2-6(4-9)10-7/h2-3,11-12H,1H3. The van der Waals surface area contributed by atoms with Gasteiger partial charge in [0.05, 0.1) is 7.11 Å². The summed E-state index contributed by atoms with van der Waals surface area (Å²) in [5.74, 6) is 0.183. The number of methoxy groups -OCH3 is 1. The zero-order valence-electron chi connectivity index (χ0n) is 6.93. The van der Waals surface area contributed by atoms with Crippen molar-refractivity contribution >= 4 is 12.6 Å². The van der Waals surface area contributed by atoms with Gasteiger partial charge in [-0.25, -0.2) is 4.98 Å². The second-order valence-electron chi connectivity index (χ2n) is 2.31. The maximum atomic E-state index is 8.83. The van der Waals surface area contributed by atoms with E-state index >= 15 is 0 Å². The average molecular weight is 178 g/mol. The van der Waals surface area contributed by atoms with Crippen molar-refractivity contribution in [3.63, 3.8) is 0 Å². The van der Waals surface area contributed by atoms with Crippen LogP contribution >= 0.6 is 0 Å². The lowest BCUT2D eigenvalue weighted by molar-refractivity contribution is 0.396. The van der Waals surface area contributed by atoms with E-state index in [1.54, 1.807) is 6.07 Å². The van der Waals surface area contributed by atoms with Crippen LogP contribution in [0.15, 0.2) is 12.1 Å². The van der Waals surface area contributed by atoms with Crippen molar-refractivity contribution in [3.8, 4) is 11.9 Å². The first-order valence-electron chi connectivity index (χ1n) is 3.49. The zero-order valence-corrected chi connectivity index (χ0v) is 6.93. The quantitative estimate of drug-likeness (QED) is 0.546. The molecule has 1 rings (SSSR count). The molecule has 13 heavy (non-hydrogen) atoms. The number of rotatable bonds is 2. The molecule has 0 aliphatic heterocycles. The van der Waals surface area contributed by atoms with Gasteiger partial charge in [0.2, 0.25) is 5.88 Å². The predicted octanol–water partition coefficient (Wildman–Crippen LogP) is -1.36. The Labute approximate surface area is 75.4 Å². The van der Waals surface area contributed by atoms with E-state index in [0.717, 1.165) is 0 Å². The molecule has 5 nitrogen and oxygen atoms in total. The molecular formula is C7H7BN2O3. The van der Waals surface area contributed by atoms with Crippen LogP contribution in [-0.4, -0.2) is 29.3 Å². The summed E-state index contributed by atoms with van der Waals surface area (Å²) in [5, 5.41) is 26.2. The Morgan fingerprint density at radius 2 is 2.23 bits per heavy atom. The van der Waals surface area contributed by atoms with E-state index in [-0.39, 0.29) is 17.0 Å². The smallest absolute Gasteiger partial charge is 0.481 e. The first-order chi connectivity index (χ1) is 6.17. The molecule has 0 amide bonds. The lowest BCUT2D eigenvalue weighted by Crippen LogP contribution is -2.30. The van der Waals surface area contributed by atoms with Gasteiger partial charge >= 0.3 is 7.12 Å². The summed E-state index contributed by atoms with van der Waals surface area (Å²) in [6.07, 6.45) is 0. The average Bonchev–Trinajstić information content (AvgIpc) is 2.16. The van der Waals surface area contributed by atoms with Crippen LogP contribution in [0.3, 0.4) is 0 Å². The summed E-state index contributed by atoms with van der Waals surface area (Å²) in [4.78, 5) is 3.75. The summed E-state index contributed by atoms with van der Waals surface area (Å²) in [5.41, 5.74) is 0.269. The van der Waals surface area contributed by atoms with Gasteiger partial charge in [-0.1, -0.05) is 0 Å². The van der Waals surface area contributed by atoms with Gasteiger partial charge in [-0.15, -0.1) is 0 Å². The molecule has 0 aliphatic carbocycles. The third-order valence-corrected chi connectivity index (χ3v) is 1.45. The van der Waals surface area contributed by atoms with Crippen LogP contribution in [0.4, 0.5) is 0 Å². The van der Waals surface area contributed by atoms with E-state index in [1.807, 2.05) is 0 Å². The van der Waals surface area contributed by atoms with Crippen LogP contribution in [0, 0.1) is 11.3 Å². The normalized spacial score (nSPS) is 9.08. The van der Waals surface area contributed by atoms with Crippen LogP contribution in [0.25, 0.3) is 0 Å². The van der Waals surface area contributed by atoms with Gasteiger partial charge in [0, 0.05) is 6.07 Å². The van der Waals surface area contributed by atoms with Crippen LogP contribution < -0.4 is 10.2 Å². The van der Waals surface area contributed by atoms with Gasteiger partial charge in [0.25, 0.3) is 0 Å². The Bertz CT molecular complexity index is 348. The maximum absolute atomic E-state index is 8.83. The number of aromatic nitrogens is 1. The predicted molar refractivity (Wildman–Crippen MR) is 45.3 cm³/mol. The van der Waals surface area contributed by atoms with Gasteiger partial charge in [-0.3, -0.25) is 0 Å². The lowest BCUT2D eigenvalue weighted by atomic mass is 9.80. The van der Waals surface area contributed by atoms with E-state index in [4.69, 9.17) is 20.0 Å². The number of hydrogen-bond acceptors (Lipinski definition) is 5. The summed E-state index contributed by atoms with van der Waals surface area (Å²) < 4.78 is 4.76. The molecule has 0 saturated carbocycles. The minimum Gasteiger partial charge on any atom is -0.481 e. The van der Waals surface area contributed by atoms with Crippen molar-refractivity contribution in [2.45, 2.75) is 0 Å². The fraction of sp³-hybridized carbons (Fsp3) is 0.143. The van der Waals surface area contributed by atoms with Gasteiger partial charge in [0.1, 0.15) is 11.8 Å². The molecule has 0 atom stereocenters. The van der Waals surface area contributed by atoms with Crippen molar-refractivity contribution < 1.29 is 14.8 Å². The SMILES string of the molecule is COc1cc(B(O)O)cc(C#N)n1. The summed E-state index contributed by atoms with van der Waals surface area (Å²) in [6, 6.07) is 4.42. The molecule has 0 bridgehead atoms. The second kappa shape index (κ2) is 3.89. The largest absolute Gasteiger partial charge is 0.488 e. The zero-order chi connectivity index (χ0) is 9.84. The molecular weight excluding hydrogens is 171 g/mol. The molecule has 0 radical (unpaired) electrons. The number of nitrogens with zero attached hydrogens (tertiary/aromatic N) is 2. The third-order valence-electron chi connectivity index (χ3n) is 1.45. The molecule has 1 heterocycles. The molecule has 1 aromatic rings. The summed E-state index contributed by atoms with van der Waals surface area (Å²) in [6.45, 7) is 0. The summed E-state index contributed by atoms with van der Waals surface area (Å²) in [7, 11) is -0.235. The van der Waals surface area contributed by atoms with E-state index in [2.05, 4.69) is 4.98 Å². The Kier molecular flexibility index (Phi) is 2.85. The fourth-order valence-electron chi connectivity index (χ4n) is 0.836. The number of pyridine rings is 1. The van der Waals surface area contributed by atoms with Crippen molar-refractivity contribution in [1.82, 2.24) is 4.98 Å². The third kappa shape index (κ3) is 2.18. The molecule has 66 valence electrons. The van der Waals surface area contributed by atoms with Crippen LogP contribution in [0.2, 0.25) is 0 Å². The number of hydrogen-bond donors (Lipinski definition) is 2. The minimum atomic E-state index is -1.62. The monoisotopic (exact) mass is 178 g/mol. The highest BCUT2D eigenvalue weighted by Crippen LogP contribution is 2.04. The van der Waals surface area contributed by atoms with Gasteiger partial charge in [0.15, 0.2) is 0 Å². The van der Waals surface area contributed by atoms with Crippen LogP contribution in [0.1, 0.15) is 5.69 Å². The Hall–Kier alpha value is -1.58. The first-order valence-corrected chi connectivity index (χ1v) is 3.49. The van der Waals surface area contributed by atoms with E-state index in [1.165, 1.54) is 19.2 Å². The molecule has 0 unspecified atom stereocenters. The Morgan fingerprint density at radius 1 is 1.54 bits per heavy atom. The molecule has 0 fully saturated rings. The Morgan fingerprint density at radius 3 is 2.69 bits per heavy atom. The molecule has 2 N–H and O–H groups in total. The summed E-state index contributed by atoms with van der Waals surface area (Å²) >= 11 is 0. The van der Waals surface area contributed by atoms with Gasteiger partial charge in [-0.05, 0) is 11.5 Å². The first kappa shape index (κ1) is 9.51. The second-order valence-corrected chi connectivity index (χ2v) is 2.31. The molecule has 0 aromatic carbocycles. The lowest BCUT2D eigenvalue weighted by Gasteiger charge is -2.02. The number of ether oxygens (including phenoxy) is 1. The highest BCUT2D eigenvalue weighted by atomic mass is 16.5. The van der Waals surface area contributed by atoms with Gasteiger partial charge in [-0.2, -0.15) is 5.26 Å². The van der Waals surface area contributed by atoms with E-state index in [9.17, 15) is 0 Å². The van der Waals surface area contributed by atoms with Crippen molar-refractivity contribution in [2.24, 2.45) is 0 Å². The number of nitriles is 1. The molecule has 0 saturated heterocycles. The molecule has 6 heteroatoms. The molecule has 1 aromatic heterocycles. The Balaban J connectivity index is 3.17. The van der Waals surface area contributed by atoms with Crippen molar-refractivity contribution in [1.29, 1.82) is 5.26 Å². The molecule has 0 aliphatic rings. The van der Waals surface area contributed by atoms with Gasteiger partial charge < -0.3 is 14.8 Å². The van der Waals surface area contributed by atoms with E-state index < -0.39 is 7.12 Å². The molecule has 0 spiro atoms. The van der Waals surface area contributed by atoms with Crippen LogP contribution in [-0.2, 0) is 0 Å². The minimum absolute atomic E-state index is 0.0856. The van der Waals surface area contributed by atoms with Crippen LogP contribution in [0.5, 0.6) is 5.88 Å². The topological polar surface area (TPSA) is 86.4 Å². The van der Waals surface area contributed by atoms with Crippen molar-refractivity contribution in [2.75, 3.05) is 7.11 Å². The van der Waals surface area contributed by atoms with Crippen molar-refractivity contribution in [3.05, 3.63) is 17.8 Å². The highest BCUT2D eigenvalue weighted by Gasteiger charge is 2.13. The maximum Gasteiger partial charge on any atom is 0.488 e.